The summed E-state index contributed by atoms with van der Waals surface area (Å²) in [5.74, 6) is -0.0199. The summed E-state index contributed by atoms with van der Waals surface area (Å²) in [6, 6.07) is 0. The first kappa shape index (κ1) is 24.8. The lowest BCUT2D eigenvalue weighted by atomic mass is 10.1. The van der Waals surface area contributed by atoms with Crippen molar-refractivity contribution in [3.05, 3.63) is 12.2 Å². The van der Waals surface area contributed by atoms with Crippen LogP contribution in [0.25, 0.3) is 0 Å². The molecule has 1 amide bonds. The molecule has 4 heteroatoms. The Kier molecular flexibility index (Phi) is 20.9. The van der Waals surface area contributed by atoms with Gasteiger partial charge in [0.2, 0.25) is 5.91 Å². The molecule has 0 saturated heterocycles. The SMILES string of the molecule is CCCCCCCCCOCC/C=C\CCCCCCC(=O)NCC=O. The van der Waals surface area contributed by atoms with Crippen LogP contribution in [0.3, 0.4) is 0 Å². The largest absolute Gasteiger partial charge is 0.381 e. The number of hydrogen-bond acceptors (Lipinski definition) is 3. The second kappa shape index (κ2) is 21.9. The van der Waals surface area contributed by atoms with Crippen LogP contribution in [0.2, 0.25) is 0 Å². The van der Waals surface area contributed by atoms with E-state index in [1.54, 1.807) is 0 Å². The van der Waals surface area contributed by atoms with Crippen molar-refractivity contribution in [3.8, 4) is 0 Å². The van der Waals surface area contributed by atoms with E-state index in [0.29, 0.717) is 12.7 Å². The van der Waals surface area contributed by atoms with Gasteiger partial charge in [0.1, 0.15) is 6.29 Å². The summed E-state index contributed by atoms with van der Waals surface area (Å²) in [6.45, 7) is 4.13. The van der Waals surface area contributed by atoms with E-state index in [2.05, 4.69) is 24.4 Å². The zero-order chi connectivity index (χ0) is 19.1. The van der Waals surface area contributed by atoms with Crippen LogP contribution in [0, 0.1) is 0 Å². The van der Waals surface area contributed by atoms with E-state index >= 15 is 0 Å². The van der Waals surface area contributed by atoms with Crippen molar-refractivity contribution in [1.29, 1.82) is 0 Å². The molecule has 0 unspecified atom stereocenters. The minimum absolute atomic E-state index is 0.0199. The number of carbonyl (C=O) groups is 2. The molecule has 152 valence electrons. The lowest BCUT2D eigenvalue weighted by Gasteiger charge is -2.03. The first-order valence-corrected chi connectivity index (χ1v) is 10.7. The molecule has 0 aromatic heterocycles. The van der Waals surface area contributed by atoms with E-state index in [4.69, 9.17) is 4.74 Å². The Morgan fingerprint density at radius 2 is 1.46 bits per heavy atom. The first-order valence-electron chi connectivity index (χ1n) is 10.7. The summed E-state index contributed by atoms with van der Waals surface area (Å²) < 4.78 is 5.66. The molecule has 0 spiro atoms. The lowest BCUT2D eigenvalue weighted by molar-refractivity contribution is -0.122. The maximum Gasteiger partial charge on any atom is 0.220 e. The third kappa shape index (κ3) is 20.9. The number of nitrogens with one attached hydrogen (secondary N) is 1. The van der Waals surface area contributed by atoms with Crippen molar-refractivity contribution in [2.45, 2.75) is 96.8 Å². The molecule has 0 aliphatic carbocycles. The third-order valence-corrected chi connectivity index (χ3v) is 4.39. The van der Waals surface area contributed by atoms with Gasteiger partial charge in [0.05, 0.1) is 13.2 Å². The molecule has 0 rings (SSSR count). The maximum atomic E-state index is 11.3. The number of ether oxygens (including phenoxy) is 1. The smallest absolute Gasteiger partial charge is 0.220 e. The quantitative estimate of drug-likeness (QED) is 0.179. The van der Waals surface area contributed by atoms with Crippen LogP contribution in [-0.4, -0.2) is 32.0 Å². The maximum absolute atomic E-state index is 11.3. The van der Waals surface area contributed by atoms with Crippen LogP contribution in [-0.2, 0) is 14.3 Å². The van der Waals surface area contributed by atoms with Gasteiger partial charge in [-0.2, -0.15) is 0 Å². The van der Waals surface area contributed by atoms with Gasteiger partial charge in [-0.15, -0.1) is 0 Å². The highest BCUT2D eigenvalue weighted by atomic mass is 16.5. The highest BCUT2D eigenvalue weighted by Crippen LogP contribution is 2.07. The van der Waals surface area contributed by atoms with Crippen LogP contribution in [0.5, 0.6) is 0 Å². The van der Waals surface area contributed by atoms with E-state index in [1.807, 2.05) is 0 Å². The summed E-state index contributed by atoms with van der Waals surface area (Å²) in [7, 11) is 0. The van der Waals surface area contributed by atoms with Gasteiger partial charge in [0.15, 0.2) is 0 Å². The fourth-order valence-electron chi connectivity index (χ4n) is 2.80. The molecular formula is C22H41NO3. The van der Waals surface area contributed by atoms with Crippen molar-refractivity contribution in [2.75, 3.05) is 19.8 Å². The monoisotopic (exact) mass is 367 g/mol. The zero-order valence-corrected chi connectivity index (χ0v) is 17.0. The summed E-state index contributed by atoms with van der Waals surface area (Å²) in [6.07, 6.45) is 21.4. The topological polar surface area (TPSA) is 55.4 Å². The van der Waals surface area contributed by atoms with E-state index < -0.39 is 0 Å². The van der Waals surface area contributed by atoms with Crippen LogP contribution < -0.4 is 5.32 Å². The van der Waals surface area contributed by atoms with Gasteiger partial charge in [0, 0.05) is 13.0 Å². The molecule has 0 fully saturated rings. The van der Waals surface area contributed by atoms with Gasteiger partial charge in [0.25, 0.3) is 0 Å². The van der Waals surface area contributed by atoms with Gasteiger partial charge < -0.3 is 14.8 Å². The van der Waals surface area contributed by atoms with Crippen LogP contribution in [0.15, 0.2) is 12.2 Å². The fourth-order valence-corrected chi connectivity index (χ4v) is 2.80. The van der Waals surface area contributed by atoms with Gasteiger partial charge in [-0.3, -0.25) is 4.79 Å². The van der Waals surface area contributed by atoms with Gasteiger partial charge in [-0.05, 0) is 32.1 Å². The number of hydrogen-bond donors (Lipinski definition) is 1. The number of amides is 1. The number of unbranched alkanes of at least 4 members (excludes halogenated alkanes) is 10. The Morgan fingerprint density at radius 3 is 2.23 bits per heavy atom. The third-order valence-electron chi connectivity index (χ3n) is 4.39. The second-order valence-corrected chi connectivity index (χ2v) is 6.92. The predicted octanol–water partition coefficient (Wildman–Crippen LogP) is 5.36. The molecule has 0 aromatic carbocycles. The minimum atomic E-state index is -0.0199. The number of allylic oxidation sites excluding steroid dienone is 1. The van der Waals surface area contributed by atoms with Crippen molar-refractivity contribution in [1.82, 2.24) is 5.32 Å². The first-order chi connectivity index (χ1) is 12.8. The average Bonchev–Trinajstić information content (AvgIpc) is 2.65. The Balaban J connectivity index is 3.15. The summed E-state index contributed by atoms with van der Waals surface area (Å²) in [5, 5.41) is 2.56. The zero-order valence-electron chi connectivity index (χ0n) is 17.0. The predicted molar refractivity (Wildman–Crippen MR) is 109 cm³/mol. The van der Waals surface area contributed by atoms with E-state index in [9.17, 15) is 9.59 Å². The van der Waals surface area contributed by atoms with Gasteiger partial charge in [-0.25, -0.2) is 0 Å². The van der Waals surface area contributed by atoms with E-state index in [-0.39, 0.29) is 12.5 Å². The molecule has 0 saturated carbocycles. The summed E-state index contributed by atoms with van der Waals surface area (Å²) in [4.78, 5) is 21.4. The molecule has 0 heterocycles. The summed E-state index contributed by atoms with van der Waals surface area (Å²) in [5.41, 5.74) is 0. The highest BCUT2D eigenvalue weighted by Gasteiger charge is 1.99. The molecule has 1 N–H and O–H groups in total. The highest BCUT2D eigenvalue weighted by molar-refractivity contribution is 5.78. The Labute approximate surface area is 161 Å². The van der Waals surface area contributed by atoms with Crippen LogP contribution in [0.4, 0.5) is 0 Å². The van der Waals surface area contributed by atoms with Gasteiger partial charge in [-0.1, -0.05) is 70.4 Å². The normalized spacial score (nSPS) is 11.1. The molecule has 0 bridgehead atoms. The Bertz CT molecular complexity index is 342. The molecule has 0 atom stereocenters. The van der Waals surface area contributed by atoms with Crippen molar-refractivity contribution < 1.29 is 14.3 Å². The molecule has 0 aliphatic heterocycles. The standard InChI is InChI=1S/C22H41NO3/c1-2-3-4-5-9-12-15-20-26-21-16-13-10-7-6-8-11-14-17-22(25)23-18-19-24/h10,13,19H,2-9,11-12,14-18,20-21H2,1H3,(H,23,25)/b13-10-. The molecule has 0 radical (unpaired) electrons. The number of rotatable bonds is 20. The van der Waals surface area contributed by atoms with Crippen LogP contribution >= 0.6 is 0 Å². The Hall–Kier alpha value is -1.16. The minimum Gasteiger partial charge on any atom is -0.381 e. The van der Waals surface area contributed by atoms with Crippen molar-refractivity contribution in [3.63, 3.8) is 0 Å². The summed E-state index contributed by atoms with van der Waals surface area (Å²) >= 11 is 0. The molecular weight excluding hydrogens is 326 g/mol. The second-order valence-electron chi connectivity index (χ2n) is 6.92. The van der Waals surface area contributed by atoms with Crippen LogP contribution in [0.1, 0.15) is 96.8 Å². The molecule has 0 aliphatic rings. The number of carbonyl (C=O) groups excluding carboxylic acids is 2. The van der Waals surface area contributed by atoms with E-state index in [1.165, 1.54) is 51.4 Å². The lowest BCUT2D eigenvalue weighted by Crippen LogP contribution is -2.24. The average molecular weight is 368 g/mol. The number of aldehydes is 1. The van der Waals surface area contributed by atoms with Crippen molar-refractivity contribution in [2.24, 2.45) is 0 Å². The fraction of sp³-hybridized carbons (Fsp3) is 0.818. The van der Waals surface area contributed by atoms with E-state index in [0.717, 1.165) is 45.3 Å². The molecule has 0 aromatic rings. The molecule has 4 nitrogen and oxygen atoms in total. The molecule has 26 heavy (non-hydrogen) atoms. The van der Waals surface area contributed by atoms with Gasteiger partial charge >= 0.3 is 0 Å². The van der Waals surface area contributed by atoms with Crippen molar-refractivity contribution >= 4 is 12.2 Å². The Morgan fingerprint density at radius 1 is 0.808 bits per heavy atom.